The van der Waals surface area contributed by atoms with Crippen molar-refractivity contribution in [3.8, 4) is 0 Å². The van der Waals surface area contributed by atoms with Gasteiger partial charge in [-0.25, -0.2) is 14.4 Å². The minimum Gasteiger partial charge on any atom is -0.480 e. The lowest BCUT2D eigenvalue weighted by Crippen LogP contribution is -2.47. The van der Waals surface area contributed by atoms with Gasteiger partial charge in [-0.15, -0.1) is 0 Å². The number of aliphatic hydroxyl groups is 1. The quantitative estimate of drug-likeness (QED) is 0.411. The number of carbonyl (C=O) groups excluding carboxylic acids is 3. The predicted molar refractivity (Wildman–Crippen MR) is 102 cm³/mol. The second-order valence-corrected chi connectivity index (χ2v) is 8.38. The van der Waals surface area contributed by atoms with Gasteiger partial charge in [-0.1, -0.05) is 12.8 Å². The Kier molecular flexibility index (Phi) is 5.34. The monoisotopic (exact) mass is 418 g/mol. The van der Waals surface area contributed by atoms with Crippen LogP contribution in [0, 0.1) is 0 Å². The fourth-order valence-electron chi connectivity index (χ4n) is 4.44. The third kappa shape index (κ3) is 3.95. The first-order valence-corrected chi connectivity index (χ1v) is 10.5. The number of allylic oxidation sites excluding steroid dienone is 2. The number of rotatable bonds is 2. The molecule has 0 aromatic heterocycles. The van der Waals surface area contributed by atoms with E-state index in [-0.39, 0.29) is 11.1 Å². The maximum absolute atomic E-state index is 12.5. The van der Waals surface area contributed by atoms with Gasteiger partial charge < -0.3 is 24.1 Å². The van der Waals surface area contributed by atoms with E-state index in [9.17, 15) is 19.5 Å². The lowest BCUT2D eigenvalue weighted by atomic mass is 9.93. The van der Waals surface area contributed by atoms with E-state index in [0.29, 0.717) is 31.3 Å². The topological polar surface area (TPSA) is 108 Å². The summed E-state index contributed by atoms with van der Waals surface area (Å²) in [6.07, 6.45) is 10.0. The fourth-order valence-corrected chi connectivity index (χ4v) is 4.44. The van der Waals surface area contributed by atoms with Crippen molar-refractivity contribution in [3.05, 3.63) is 34.8 Å². The van der Waals surface area contributed by atoms with Crippen molar-refractivity contribution in [3.63, 3.8) is 0 Å². The molecule has 2 aliphatic carbocycles. The second-order valence-electron chi connectivity index (χ2n) is 8.38. The second kappa shape index (κ2) is 7.81. The molecule has 8 nitrogen and oxygen atoms in total. The Hall–Kier alpha value is -2.77. The van der Waals surface area contributed by atoms with Gasteiger partial charge in [-0.05, 0) is 50.3 Å². The van der Waals surface area contributed by atoms with Gasteiger partial charge in [0.05, 0.1) is 0 Å². The largest absolute Gasteiger partial charge is 0.480 e. The minimum absolute atomic E-state index is 0.165. The van der Waals surface area contributed by atoms with E-state index in [0.717, 1.165) is 38.5 Å². The SMILES string of the molecule is CC(=CC1=C(O)OC2(CCCCC2)OC1=O)C=C1C(=O)OC2(CCCCC2)OC1=O. The Labute approximate surface area is 174 Å². The summed E-state index contributed by atoms with van der Waals surface area (Å²) in [5.74, 6) is -4.97. The zero-order chi connectivity index (χ0) is 21.4. The predicted octanol–water partition coefficient (Wildman–Crippen LogP) is 3.62. The molecule has 0 amide bonds. The summed E-state index contributed by atoms with van der Waals surface area (Å²) < 4.78 is 21.9. The number of hydrogen-bond acceptors (Lipinski definition) is 8. The highest BCUT2D eigenvalue weighted by Crippen LogP contribution is 2.39. The van der Waals surface area contributed by atoms with Crippen LogP contribution in [-0.4, -0.2) is 34.6 Å². The molecule has 0 bridgehead atoms. The van der Waals surface area contributed by atoms with Crippen molar-refractivity contribution in [1.29, 1.82) is 0 Å². The highest BCUT2D eigenvalue weighted by atomic mass is 16.8. The van der Waals surface area contributed by atoms with Crippen LogP contribution in [-0.2, 0) is 33.3 Å². The molecule has 4 aliphatic rings. The van der Waals surface area contributed by atoms with Gasteiger partial charge >= 0.3 is 17.9 Å². The Morgan fingerprint density at radius 3 is 1.73 bits per heavy atom. The zero-order valence-corrected chi connectivity index (χ0v) is 17.0. The molecule has 2 heterocycles. The van der Waals surface area contributed by atoms with Crippen LogP contribution >= 0.6 is 0 Å². The average molecular weight is 418 g/mol. The average Bonchev–Trinajstić information content (AvgIpc) is 2.69. The fraction of sp³-hybridized carbons (Fsp3) is 0.591. The van der Waals surface area contributed by atoms with Crippen molar-refractivity contribution >= 4 is 17.9 Å². The van der Waals surface area contributed by atoms with Crippen LogP contribution in [0.4, 0.5) is 0 Å². The zero-order valence-electron chi connectivity index (χ0n) is 17.0. The van der Waals surface area contributed by atoms with Gasteiger partial charge in [0, 0.05) is 25.7 Å². The van der Waals surface area contributed by atoms with Crippen molar-refractivity contribution < 1.29 is 38.4 Å². The van der Waals surface area contributed by atoms with Crippen molar-refractivity contribution in [1.82, 2.24) is 0 Å². The summed E-state index contributed by atoms with van der Waals surface area (Å²) >= 11 is 0. The summed E-state index contributed by atoms with van der Waals surface area (Å²) in [7, 11) is 0. The smallest absolute Gasteiger partial charge is 0.348 e. The highest BCUT2D eigenvalue weighted by molar-refractivity contribution is 6.15. The molecule has 3 fully saturated rings. The summed E-state index contributed by atoms with van der Waals surface area (Å²) in [5, 5.41) is 10.3. The van der Waals surface area contributed by atoms with Crippen LogP contribution in [0.2, 0.25) is 0 Å². The van der Waals surface area contributed by atoms with E-state index in [1.807, 2.05) is 0 Å². The van der Waals surface area contributed by atoms with Gasteiger partial charge in [-0.2, -0.15) is 0 Å². The minimum atomic E-state index is -1.16. The van der Waals surface area contributed by atoms with Gasteiger partial charge in [0.25, 0.3) is 17.5 Å². The molecule has 162 valence electrons. The molecule has 0 unspecified atom stereocenters. The number of carbonyl (C=O) groups is 3. The number of ether oxygens (including phenoxy) is 4. The first kappa shape index (κ1) is 20.5. The maximum atomic E-state index is 12.5. The molecular weight excluding hydrogens is 392 g/mol. The van der Waals surface area contributed by atoms with Gasteiger partial charge in [0.1, 0.15) is 11.1 Å². The van der Waals surface area contributed by atoms with Crippen LogP contribution in [0.25, 0.3) is 0 Å². The summed E-state index contributed by atoms with van der Waals surface area (Å²) in [6, 6.07) is 0. The Morgan fingerprint density at radius 1 is 0.767 bits per heavy atom. The Balaban J connectivity index is 1.52. The summed E-state index contributed by atoms with van der Waals surface area (Å²) in [4.78, 5) is 37.3. The molecule has 0 aromatic carbocycles. The standard InChI is InChI=1S/C22H26O8/c1-14(12-15-17(23)27-21(28-18(15)24)8-4-2-5-9-21)13-16-19(25)29-22(30-20(16)26)10-6-3-7-11-22/h12-13,23H,2-11H2,1H3. The van der Waals surface area contributed by atoms with Gasteiger partial charge in [0.15, 0.2) is 0 Å². The van der Waals surface area contributed by atoms with Crippen LogP contribution in [0.15, 0.2) is 34.8 Å². The molecule has 0 aromatic rings. The summed E-state index contributed by atoms with van der Waals surface area (Å²) in [6.45, 7) is 1.58. The first-order valence-electron chi connectivity index (χ1n) is 10.5. The third-order valence-electron chi connectivity index (χ3n) is 5.98. The van der Waals surface area contributed by atoms with Crippen molar-refractivity contribution in [2.45, 2.75) is 82.7 Å². The van der Waals surface area contributed by atoms with Gasteiger partial charge in [0.2, 0.25) is 0 Å². The molecule has 2 aliphatic heterocycles. The van der Waals surface area contributed by atoms with Crippen LogP contribution in [0.1, 0.15) is 71.1 Å². The number of aliphatic hydroxyl groups excluding tert-OH is 1. The lowest BCUT2D eigenvalue weighted by Gasteiger charge is -2.39. The van der Waals surface area contributed by atoms with Crippen LogP contribution in [0.3, 0.4) is 0 Å². The molecule has 1 N–H and O–H groups in total. The molecule has 30 heavy (non-hydrogen) atoms. The first-order chi connectivity index (χ1) is 14.3. The normalized spacial score (nSPS) is 26.1. The summed E-state index contributed by atoms with van der Waals surface area (Å²) in [5.41, 5.74) is -0.0593. The highest BCUT2D eigenvalue weighted by Gasteiger charge is 2.47. The molecule has 0 atom stereocenters. The molecule has 8 heteroatoms. The van der Waals surface area contributed by atoms with E-state index in [1.165, 1.54) is 12.2 Å². The molecule has 2 saturated carbocycles. The lowest BCUT2D eigenvalue weighted by molar-refractivity contribution is -0.249. The molecule has 1 saturated heterocycles. The van der Waals surface area contributed by atoms with Crippen LogP contribution in [0.5, 0.6) is 0 Å². The van der Waals surface area contributed by atoms with Gasteiger partial charge in [-0.3, -0.25) is 0 Å². The molecular formula is C22H26O8. The van der Waals surface area contributed by atoms with Crippen molar-refractivity contribution in [2.24, 2.45) is 0 Å². The Bertz CT molecular complexity index is 828. The maximum Gasteiger partial charge on any atom is 0.348 e. The van der Waals surface area contributed by atoms with Crippen molar-refractivity contribution in [2.75, 3.05) is 0 Å². The van der Waals surface area contributed by atoms with E-state index in [1.54, 1.807) is 6.92 Å². The van der Waals surface area contributed by atoms with Crippen LogP contribution < -0.4 is 0 Å². The number of esters is 3. The van der Waals surface area contributed by atoms with E-state index in [4.69, 9.17) is 18.9 Å². The third-order valence-corrected chi connectivity index (χ3v) is 5.98. The molecule has 4 rings (SSSR count). The number of hydrogen-bond donors (Lipinski definition) is 1. The Morgan fingerprint density at radius 2 is 1.23 bits per heavy atom. The van der Waals surface area contributed by atoms with E-state index >= 15 is 0 Å². The molecule has 2 spiro atoms. The van der Waals surface area contributed by atoms with E-state index < -0.39 is 35.4 Å². The molecule has 0 radical (unpaired) electrons. The van der Waals surface area contributed by atoms with E-state index in [2.05, 4.69) is 0 Å².